The second-order valence-corrected chi connectivity index (χ2v) is 3.55. The van der Waals surface area contributed by atoms with Gasteiger partial charge in [-0.05, 0) is 25.5 Å². The zero-order valence-corrected chi connectivity index (χ0v) is 11.3. The number of ether oxygens (including phenoxy) is 1. The van der Waals surface area contributed by atoms with Crippen molar-refractivity contribution in [1.29, 1.82) is 0 Å². The number of benzene rings is 1. The summed E-state index contributed by atoms with van der Waals surface area (Å²) in [7, 11) is 1.57. The van der Waals surface area contributed by atoms with E-state index in [1.165, 1.54) is 0 Å². The van der Waals surface area contributed by atoms with Crippen LogP contribution in [0.5, 0.6) is 5.75 Å². The summed E-state index contributed by atoms with van der Waals surface area (Å²) in [5, 5.41) is 2.62. The molecule has 100 valence electrons. The van der Waals surface area contributed by atoms with Gasteiger partial charge >= 0.3 is 6.03 Å². The van der Waals surface area contributed by atoms with Crippen molar-refractivity contribution >= 4 is 30.1 Å². The summed E-state index contributed by atoms with van der Waals surface area (Å²) in [5.74, 6) is 0.413. The molecule has 0 saturated carbocycles. The summed E-state index contributed by atoms with van der Waals surface area (Å²) in [6.07, 6.45) is 0. The number of urea groups is 1. The number of aliphatic imine (C=N–C) groups is 1. The normalized spacial score (nSPS) is 9.06. The van der Waals surface area contributed by atoms with E-state index in [0.717, 1.165) is 11.1 Å². The number of carbonyl (C=O) groups excluding carboxylic acids is 1. The molecule has 0 unspecified atom stereocenters. The van der Waals surface area contributed by atoms with Crippen LogP contribution in [0.1, 0.15) is 11.1 Å². The van der Waals surface area contributed by atoms with Crippen molar-refractivity contribution in [2.45, 2.75) is 13.8 Å². The molecule has 18 heavy (non-hydrogen) atoms. The Morgan fingerprint density at radius 3 is 2.44 bits per heavy atom. The van der Waals surface area contributed by atoms with Crippen LogP contribution in [0.15, 0.2) is 17.1 Å². The number of nitrogens with two attached hydrogens (primary N) is 2. The van der Waals surface area contributed by atoms with Gasteiger partial charge in [0.2, 0.25) is 0 Å². The topological polar surface area (TPSA) is 103 Å². The van der Waals surface area contributed by atoms with Crippen molar-refractivity contribution in [2.24, 2.45) is 16.5 Å². The number of methoxy groups -OCH3 is 1. The average molecular weight is 273 g/mol. The predicted molar refractivity (Wildman–Crippen MR) is 74.5 cm³/mol. The summed E-state index contributed by atoms with van der Waals surface area (Å²) in [4.78, 5) is 14.8. The Morgan fingerprint density at radius 1 is 1.33 bits per heavy atom. The summed E-state index contributed by atoms with van der Waals surface area (Å²) in [6, 6.07) is 3.07. The van der Waals surface area contributed by atoms with E-state index in [-0.39, 0.29) is 18.4 Å². The van der Waals surface area contributed by atoms with Gasteiger partial charge in [-0.15, -0.1) is 12.4 Å². The molecule has 0 spiro atoms. The minimum absolute atomic E-state index is 0. The molecule has 0 bridgehead atoms. The van der Waals surface area contributed by atoms with Crippen molar-refractivity contribution < 1.29 is 9.53 Å². The zero-order chi connectivity index (χ0) is 13.0. The maximum Gasteiger partial charge on any atom is 0.348 e. The number of nitrogens with one attached hydrogen (secondary N) is 1. The molecule has 0 saturated heterocycles. The lowest BCUT2D eigenvalue weighted by Crippen LogP contribution is -2.25. The first-order chi connectivity index (χ1) is 7.95. The predicted octanol–water partition coefficient (Wildman–Crippen LogP) is 1.54. The van der Waals surface area contributed by atoms with Crippen LogP contribution in [0, 0.1) is 13.8 Å². The second kappa shape index (κ2) is 6.70. The molecule has 6 nitrogen and oxygen atoms in total. The highest BCUT2D eigenvalue weighted by molar-refractivity contribution is 5.99. The number of amides is 2. The SMILES string of the molecule is COc1ccc(C)c(NC(=O)N=C(N)N)c1C.Cl. The smallest absolute Gasteiger partial charge is 0.348 e. The quantitative estimate of drug-likeness (QED) is 0.561. The van der Waals surface area contributed by atoms with E-state index in [1.54, 1.807) is 7.11 Å². The third-order valence-corrected chi connectivity index (χ3v) is 2.31. The lowest BCUT2D eigenvalue weighted by Gasteiger charge is -2.13. The number of rotatable bonds is 2. The Morgan fingerprint density at radius 2 is 1.94 bits per heavy atom. The molecule has 7 heteroatoms. The van der Waals surface area contributed by atoms with E-state index < -0.39 is 6.03 Å². The third kappa shape index (κ3) is 3.81. The van der Waals surface area contributed by atoms with Gasteiger partial charge in [0, 0.05) is 5.56 Å². The highest BCUT2D eigenvalue weighted by Gasteiger charge is 2.10. The van der Waals surface area contributed by atoms with Gasteiger partial charge in [-0.3, -0.25) is 0 Å². The Balaban J connectivity index is 0.00000289. The molecule has 2 amide bonds. The number of nitrogens with zero attached hydrogens (tertiary/aromatic N) is 1. The highest BCUT2D eigenvalue weighted by atomic mass is 35.5. The van der Waals surface area contributed by atoms with Crippen molar-refractivity contribution in [3.05, 3.63) is 23.3 Å². The Labute approximate surface area is 112 Å². The Kier molecular flexibility index (Phi) is 5.98. The van der Waals surface area contributed by atoms with Crippen molar-refractivity contribution in [3.8, 4) is 5.75 Å². The fourth-order valence-electron chi connectivity index (χ4n) is 1.49. The largest absolute Gasteiger partial charge is 0.496 e. The molecule has 0 atom stereocenters. The van der Waals surface area contributed by atoms with Crippen LogP contribution in [0.25, 0.3) is 0 Å². The fourth-order valence-corrected chi connectivity index (χ4v) is 1.49. The third-order valence-electron chi connectivity index (χ3n) is 2.31. The van der Waals surface area contributed by atoms with Crippen LogP contribution in [0.3, 0.4) is 0 Å². The van der Waals surface area contributed by atoms with Crippen molar-refractivity contribution in [2.75, 3.05) is 12.4 Å². The molecular formula is C11H17ClN4O2. The van der Waals surface area contributed by atoms with Gasteiger partial charge in [0.1, 0.15) is 5.75 Å². The Bertz CT molecular complexity index is 470. The first kappa shape index (κ1) is 16.1. The molecule has 1 aromatic carbocycles. The van der Waals surface area contributed by atoms with Crippen molar-refractivity contribution in [1.82, 2.24) is 0 Å². The van der Waals surface area contributed by atoms with E-state index in [4.69, 9.17) is 16.2 Å². The fraction of sp³-hybridized carbons (Fsp3) is 0.273. The number of hydrogen-bond donors (Lipinski definition) is 3. The molecule has 1 aromatic rings. The van der Waals surface area contributed by atoms with Crippen LogP contribution in [-0.2, 0) is 0 Å². The first-order valence-corrected chi connectivity index (χ1v) is 5.00. The van der Waals surface area contributed by atoms with E-state index in [9.17, 15) is 4.79 Å². The summed E-state index contributed by atoms with van der Waals surface area (Å²) in [6.45, 7) is 3.72. The van der Waals surface area contributed by atoms with E-state index in [0.29, 0.717) is 11.4 Å². The van der Waals surface area contributed by atoms with Gasteiger partial charge in [0.05, 0.1) is 12.8 Å². The molecule has 0 aliphatic heterocycles. The number of anilines is 1. The van der Waals surface area contributed by atoms with Crippen molar-refractivity contribution in [3.63, 3.8) is 0 Å². The van der Waals surface area contributed by atoms with E-state index in [1.807, 2.05) is 26.0 Å². The molecule has 1 rings (SSSR count). The van der Waals surface area contributed by atoms with Crippen LogP contribution in [0.2, 0.25) is 0 Å². The van der Waals surface area contributed by atoms with Crippen LogP contribution < -0.4 is 21.5 Å². The summed E-state index contributed by atoms with van der Waals surface area (Å²) >= 11 is 0. The number of hydrogen-bond acceptors (Lipinski definition) is 2. The number of aryl methyl sites for hydroxylation is 1. The van der Waals surface area contributed by atoms with Gasteiger partial charge in [-0.25, -0.2) is 4.79 Å². The molecule has 0 heterocycles. The molecule has 0 aliphatic rings. The standard InChI is InChI=1S/C11H16N4O2.ClH/c1-6-4-5-8(17-3)7(2)9(6)14-11(16)15-10(12)13;/h4-5H,1-3H3,(H5,12,13,14,15,16);1H. The van der Waals surface area contributed by atoms with Gasteiger partial charge in [0.15, 0.2) is 5.96 Å². The highest BCUT2D eigenvalue weighted by Crippen LogP contribution is 2.28. The zero-order valence-electron chi connectivity index (χ0n) is 10.5. The van der Waals surface area contributed by atoms with Gasteiger partial charge < -0.3 is 21.5 Å². The van der Waals surface area contributed by atoms with Crippen LogP contribution in [-0.4, -0.2) is 19.1 Å². The van der Waals surface area contributed by atoms with Gasteiger partial charge in [0.25, 0.3) is 0 Å². The minimum atomic E-state index is -0.607. The van der Waals surface area contributed by atoms with Gasteiger partial charge in [-0.2, -0.15) is 4.99 Å². The average Bonchev–Trinajstić information content (AvgIpc) is 2.23. The molecule has 0 aromatic heterocycles. The molecule has 0 radical (unpaired) electrons. The maximum absolute atomic E-state index is 11.4. The number of guanidine groups is 1. The second-order valence-electron chi connectivity index (χ2n) is 3.55. The maximum atomic E-state index is 11.4. The monoisotopic (exact) mass is 272 g/mol. The van der Waals surface area contributed by atoms with E-state index >= 15 is 0 Å². The number of carbonyl (C=O) groups is 1. The molecule has 0 fully saturated rings. The Hall–Kier alpha value is -1.95. The number of halogens is 1. The molecule has 5 N–H and O–H groups in total. The van der Waals surface area contributed by atoms with Crippen LogP contribution in [0.4, 0.5) is 10.5 Å². The molecule has 0 aliphatic carbocycles. The molecular weight excluding hydrogens is 256 g/mol. The van der Waals surface area contributed by atoms with E-state index in [2.05, 4.69) is 10.3 Å². The minimum Gasteiger partial charge on any atom is -0.496 e. The lowest BCUT2D eigenvalue weighted by molar-refractivity contribution is 0.259. The summed E-state index contributed by atoms with van der Waals surface area (Å²) in [5.41, 5.74) is 12.6. The van der Waals surface area contributed by atoms with Crippen LogP contribution >= 0.6 is 12.4 Å². The van der Waals surface area contributed by atoms with Gasteiger partial charge in [-0.1, -0.05) is 6.07 Å². The first-order valence-electron chi connectivity index (χ1n) is 5.00. The summed E-state index contributed by atoms with van der Waals surface area (Å²) < 4.78 is 5.17. The lowest BCUT2D eigenvalue weighted by atomic mass is 10.1.